The number of halogens is 2. The number of benzene rings is 1. The molecule has 0 fully saturated rings. The normalized spacial score (nSPS) is 12.4. The lowest BCUT2D eigenvalue weighted by Crippen LogP contribution is -2.12. The minimum absolute atomic E-state index is 0.140. The summed E-state index contributed by atoms with van der Waals surface area (Å²) in [6.07, 6.45) is 6.12. The summed E-state index contributed by atoms with van der Waals surface area (Å²) in [6.45, 7) is 4.25. The van der Waals surface area contributed by atoms with E-state index in [1.165, 1.54) is 25.7 Å². The monoisotopic (exact) mass is 289 g/mol. The maximum atomic E-state index is 5.95. The van der Waals surface area contributed by atoms with Crippen LogP contribution in [-0.2, 0) is 0 Å². The van der Waals surface area contributed by atoms with Crippen molar-refractivity contribution in [3.05, 3.63) is 22.2 Å². The fourth-order valence-electron chi connectivity index (χ4n) is 1.78. The Bertz CT molecular complexity index is 382. The van der Waals surface area contributed by atoms with Crippen molar-refractivity contribution in [2.45, 2.75) is 52.1 Å². The van der Waals surface area contributed by atoms with Crippen LogP contribution in [0, 0.1) is 0 Å². The van der Waals surface area contributed by atoms with Crippen LogP contribution >= 0.6 is 23.2 Å². The molecule has 1 unspecified atom stereocenters. The minimum atomic E-state index is 0.140. The van der Waals surface area contributed by atoms with E-state index in [4.69, 9.17) is 33.7 Å². The van der Waals surface area contributed by atoms with Crippen LogP contribution in [0.15, 0.2) is 12.1 Å². The topological polar surface area (TPSA) is 35.2 Å². The minimum Gasteiger partial charge on any atom is -0.489 e. The van der Waals surface area contributed by atoms with E-state index < -0.39 is 0 Å². The number of hydrogen-bond donors (Lipinski definition) is 1. The van der Waals surface area contributed by atoms with Crippen molar-refractivity contribution in [2.75, 3.05) is 5.73 Å². The van der Waals surface area contributed by atoms with Crippen LogP contribution in [-0.4, -0.2) is 6.10 Å². The number of nitrogen functional groups attached to an aromatic ring is 1. The van der Waals surface area contributed by atoms with Crippen LogP contribution < -0.4 is 10.5 Å². The zero-order valence-electron chi connectivity index (χ0n) is 11.0. The van der Waals surface area contributed by atoms with E-state index in [2.05, 4.69) is 6.92 Å². The third-order valence-electron chi connectivity index (χ3n) is 2.85. The Labute approximate surface area is 119 Å². The Kier molecular flexibility index (Phi) is 6.66. The third-order valence-corrected chi connectivity index (χ3v) is 3.57. The first-order valence-corrected chi connectivity index (χ1v) is 7.21. The first-order valence-electron chi connectivity index (χ1n) is 6.45. The fourth-order valence-corrected chi connectivity index (χ4v) is 2.11. The Morgan fingerprint density at radius 1 is 1.17 bits per heavy atom. The molecule has 1 rings (SSSR count). The number of unbranched alkanes of at least 4 members (excludes halogenated alkanes) is 3. The van der Waals surface area contributed by atoms with Gasteiger partial charge >= 0.3 is 0 Å². The van der Waals surface area contributed by atoms with Gasteiger partial charge in [-0.1, -0.05) is 49.4 Å². The van der Waals surface area contributed by atoms with Gasteiger partial charge in [0.15, 0.2) is 0 Å². The smallest absolute Gasteiger partial charge is 0.144 e. The molecule has 2 N–H and O–H groups in total. The molecule has 0 aromatic heterocycles. The van der Waals surface area contributed by atoms with Gasteiger partial charge in [-0.3, -0.25) is 0 Å². The van der Waals surface area contributed by atoms with Gasteiger partial charge in [-0.05, 0) is 25.8 Å². The van der Waals surface area contributed by atoms with Crippen molar-refractivity contribution in [3.63, 3.8) is 0 Å². The van der Waals surface area contributed by atoms with Crippen LogP contribution in [0.25, 0.3) is 0 Å². The SMILES string of the molecule is CCCCCCC(C)Oc1cc(Cl)c(Cl)cc1N. The number of anilines is 1. The van der Waals surface area contributed by atoms with Crippen LogP contribution in [0.5, 0.6) is 5.75 Å². The standard InChI is InChI=1S/C14H21Cl2NO/c1-3-4-5-6-7-10(2)18-14-9-12(16)11(15)8-13(14)17/h8-10H,3-7,17H2,1-2H3. The second kappa shape index (κ2) is 7.75. The van der Waals surface area contributed by atoms with Gasteiger partial charge in [-0.15, -0.1) is 0 Å². The zero-order valence-corrected chi connectivity index (χ0v) is 12.5. The van der Waals surface area contributed by atoms with Gasteiger partial charge < -0.3 is 10.5 Å². The lowest BCUT2D eigenvalue weighted by atomic mass is 10.1. The Hall–Kier alpha value is -0.600. The van der Waals surface area contributed by atoms with Gasteiger partial charge in [0.25, 0.3) is 0 Å². The summed E-state index contributed by atoms with van der Waals surface area (Å²) in [5.41, 5.74) is 6.38. The quantitative estimate of drug-likeness (QED) is 0.545. The first-order chi connectivity index (χ1) is 8.54. The lowest BCUT2D eigenvalue weighted by Gasteiger charge is -2.16. The van der Waals surface area contributed by atoms with Gasteiger partial charge in [0, 0.05) is 6.07 Å². The Morgan fingerprint density at radius 2 is 1.83 bits per heavy atom. The molecule has 0 aliphatic carbocycles. The van der Waals surface area contributed by atoms with Gasteiger partial charge in [-0.2, -0.15) is 0 Å². The summed E-state index contributed by atoms with van der Waals surface area (Å²) < 4.78 is 5.79. The molecule has 0 amide bonds. The molecule has 0 radical (unpaired) electrons. The Morgan fingerprint density at radius 3 is 2.50 bits per heavy atom. The summed E-state index contributed by atoms with van der Waals surface area (Å²) in [5.74, 6) is 0.618. The van der Waals surface area contributed by atoms with E-state index in [0.29, 0.717) is 21.5 Å². The molecule has 0 aliphatic heterocycles. The average Bonchev–Trinajstić information content (AvgIpc) is 2.32. The van der Waals surface area contributed by atoms with Gasteiger partial charge in [-0.25, -0.2) is 0 Å². The fraction of sp³-hybridized carbons (Fsp3) is 0.571. The third kappa shape index (κ3) is 4.95. The first kappa shape index (κ1) is 15.5. The van der Waals surface area contributed by atoms with Crippen LogP contribution in [0.2, 0.25) is 10.0 Å². The van der Waals surface area contributed by atoms with Gasteiger partial charge in [0.1, 0.15) is 5.75 Å². The molecule has 0 saturated carbocycles. The predicted molar refractivity (Wildman–Crippen MR) is 79.7 cm³/mol. The molecule has 0 spiro atoms. The van der Waals surface area contributed by atoms with E-state index >= 15 is 0 Å². The van der Waals surface area contributed by atoms with Crippen LogP contribution in [0.4, 0.5) is 5.69 Å². The summed E-state index contributed by atoms with van der Waals surface area (Å²) in [7, 11) is 0. The number of ether oxygens (including phenoxy) is 1. The van der Waals surface area contributed by atoms with E-state index in [9.17, 15) is 0 Å². The molecule has 0 heterocycles. The second-order valence-electron chi connectivity index (χ2n) is 4.58. The highest BCUT2D eigenvalue weighted by Gasteiger charge is 2.10. The summed E-state index contributed by atoms with van der Waals surface area (Å²) in [5, 5.41) is 0.927. The van der Waals surface area contributed by atoms with E-state index in [-0.39, 0.29) is 6.10 Å². The molecule has 0 saturated heterocycles. The molecular weight excluding hydrogens is 269 g/mol. The number of nitrogens with two attached hydrogens (primary N) is 1. The molecule has 4 heteroatoms. The van der Waals surface area contributed by atoms with E-state index in [1.54, 1.807) is 12.1 Å². The second-order valence-corrected chi connectivity index (χ2v) is 5.40. The predicted octanol–water partition coefficient (Wildman–Crippen LogP) is 5.31. The summed E-state index contributed by atoms with van der Waals surface area (Å²) >= 11 is 11.8. The zero-order chi connectivity index (χ0) is 13.5. The highest BCUT2D eigenvalue weighted by atomic mass is 35.5. The molecule has 1 aromatic rings. The number of rotatable bonds is 7. The number of hydrogen-bond acceptors (Lipinski definition) is 2. The molecule has 18 heavy (non-hydrogen) atoms. The van der Waals surface area contributed by atoms with Crippen molar-refractivity contribution >= 4 is 28.9 Å². The molecule has 2 nitrogen and oxygen atoms in total. The van der Waals surface area contributed by atoms with Crippen molar-refractivity contribution in [1.82, 2.24) is 0 Å². The van der Waals surface area contributed by atoms with Gasteiger partial charge in [0.2, 0.25) is 0 Å². The van der Waals surface area contributed by atoms with Crippen molar-refractivity contribution in [3.8, 4) is 5.75 Å². The van der Waals surface area contributed by atoms with Crippen LogP contribution in [0.1, 0.15) is 46.0 Å². The largest absolute Gasteiger partial charge is 0.489 e. The highest BCUT2D eigenvalue weighted by Crippen LogP contribution is 2.33. The van der Waals surface area contributed by atoms with Gasteiger partial charge in [0.05, 0.1) is 21.8 Å². The lowest BCUT2D eigenvalue weighted by molar-refractivity contribution is 0.207. The molecule has 0 bridgehead atoms. The molecular formula is C14H21Cl2NO. The van der Waals surface area contributed by atoms with E-state index in [1.807, 2.05) is 6.92 Å². The maximum absolute atomic E-state index is 5.95. The molecule has 102 valence electrons. The van der Waals surface area contributed by atoms with Crippen molar-refractivity contribution in [1.29, 1.82) is 0 Å². The molecule has 0 aliphatic rings. The Balaban J connectivity index is 2.48. The van der Waals surface area contributed by atoms with E-state index in [0.717, 1.165) is 6.42 Å². The van der Waals surface area contributed by atoms with Crippen molar-refractivity contribution in [2.24, 2.45) is 0 Å². The summed E-state index contributed by atoms with van der Waals surface area (Å²) in [6, 6.07) is 3.31. The van der Waals surface area contributed by atoms with Crippen LogP contribution in [0.3, 0.4) is 0 Å². The maximum Gasteiger partial charge on any atom is 0.144 e. The average molecular weight is 290 g/mol. The van der Waals surface area contributed by atoms with Crippen molar-refractivity contribution < 1.29 is 4.74 Å². The molecule has 1 atom stereocenters. The summed E-state index contributed by atoms with van der Waals surface area (Å²) in [4.78, 5) is 0. The molecule has 1 aromatic carbocycles. The highest BCUT2D eigenvalue weighted by molar-refractivity contribution is 6.42.